The Morgan fingerprint density at radius 1 is 1.34 bits per heavy atom. The summed E-state index contributed by atoms with van der Waals surface area (Å²) < 4.78 is 34.8. The number of aliphatic hydroxyl groups excluding tert-OH is 1. The first-order chi connectivity index (χ1) is 15.2. The summed E-state index contributed by atoms with van der Waals surface area (Å²) in [6.07, 6.45) is 6.52. The van der Waals surface area contributed by atoms with Crippen molar-refractivity contribution in [3.8, 4) is 5.75 Å². The van der Waals surface area contributed by atoms with E-state index in [0.29, 0.717) is 18.7 Å². The molecule has 0 spiro atoms. The molecule has 1 amide bonds. The SMILES string of the molecule is CCC(=O)N(C)C[C@@H]1Oc2cc(C3=CCCCC3)ccc2S(=O)(=O)N([C@H](C)CO)C[C@@H]1C. The van der Waals surface area contributed by atoms with Crippen molar-refractivity contribution >= 4 is 21.5 Å². The van der Waals surface area contributed by atoms with Crippen LogP contribution in [0, 0.1) is 5.92 Å². The third-order valence-corrected chi connectivity index (χ3v) is 8.53. The Kier molecular flexibility index (Phi) is 8.01. The van der Waals surface area contributed by atoms with Gasteiger partial charge in [-0.05, 0) is 55.9 Å². The number of aliphatic hydroxyl groups is 1. The average Bonchev–Trinajstić information content (AvgIpc) is 2.80. The summed E-state index contributed by atoms with van der Waals surface area (Å²) in [5.41, 5.74) is 2.19. The van der Waals surface area contributed by atoms with Gasteiger partial charge in [-0.25, -0.2) is 8.42 Å². The number of carbonyl (C=O) groups excluding carboxylic acids is 1. The van der Waals surface area contributed by atoms with Crippen LogP contribution in [-0.4, -0.2) is 67.5 Å². The summed E-state index contributed by atoms with van der Waals surface area (Å²) in [6, 6.07) is 4.74. The minimum absolute atomic E-state index is 0.0115. The van der Waals surface area contributed by atoms with Gasteiger partial charge in [-0.15, -0.1) is 0 Å². The zero-order chi connectivity index (χ0) is 23.5. The Bertz CT molecular complexity index is 959. The zero-order valence-corrected chi connectivity index (χ0v) is 20.4. The van der Waals surface area contributed by atoms with Crippen molar-refractivity contribution in [2.24, 2.45) is 5.92 Å². The van der Waals surface area contributed by atoms with Crippen LogP contribution in [0.2, 0.25) is 0 Å². The highest BCUT2D eigenvalue weighted by Gasteiger charge is 2.38. The second-order valence-electron chi connectivity index (χ2n) is 9.00. The predicted octanol–water partition coefficient (Wildman–Crippen LogP) is 3.28. The van der Waals surface area contributed by atoms with E-state index in [9.17, 15) is 18.3 Å². The van der Waals surface area contributed by atoms with Crippen LogP contribution in [0.15, 0.2) is 29.2 Å². The van der Waals surface area contributed by atoms with Crippen molar-refractivity contribution in [2.75, 3.05) is 26.7 Å². The Morgan fingerprint density at radius 2 is 2.09 bits per heavy atom. The van der Waals surface area contributed by atoms with Crippen molar-refractivity contribution in [3.05, 3.63) is 29.8 Å². The van der Waals surface area contributed by atoms with E-state index in [-0.39, 0.29) is 36.0 Å². The van der Waals surface area contributed by atoms with Gasteiger partial charge in [0, 0.05) is 32.0 Å². The number of benzene rings is 1. The van der Waals surface area contributed by atoms with Crippen LogP contribution in [0.1, 0.15) is 58.4 Å². The van der Waals surface area contributed by atoms with Crippen LogP contribution in [0.25, 0.3) is 5.57 Å². The van der Waals surface area contributed by atoms with Gasteiger partial charge in [0.2, 0.25) is 15.9 Å². The van der Waals surface area contributed by atoms with Crippen LogP contribution in [-0.2, 0) is 14.8 Å². The smallest absolute Gasteiger partial charge is 0.247 e. The van der Waals surface area contributed by atoms with Gasteiger partial charge in [-0.2, -0.15) is 4.31 Å². The summed E-state index contributed by atoms with van der Waals surface area (Å²) in [4.78, 5) is 14.0. The molecule has 0 unspecified atom stereocenters. The van der Waals surface area contributed by atoms with Crippen LogP contribution < -0.4 is 4.74 Å². The third-order valence-electron chi connectivity index (χ3n) is 6.51. The zero-order valence-electron chi connectivity index (χ0n) is 19.6. The Morgan fingerprint density at radius 3 is 2.72 bits per heavy atom. The predicted molar refractivity (Wildman–Crippen MR) is 125 cm³/mol. The lowest BCUT2D eigenvalue weighted by atomic mass is 9.93. The summed E-state index contributed by atoms with van der Waals surface area (Å²) in [5.74, 6) is 0.145. The fourth-order valence-corrected chi connectivity index (χ4v) is 6.21. The largest absolute Gasteiger partial charge is 0.487 e. The molecule has 0 fully saturated rings. The van der Waals surface area contributed by atoms with Crippen molar-refractivity contribution in [3.63, 3.8) is 0 Å². The van der Waals surface area contributed by atoms with Gasteiger partial charge < -0.3 is 14.7 Å². The Balaban J connectivity index is 2.07. The van der Waals surface area contributed by atoms with E-state index in [0.717, 1.165) is 24.8 Å². The topological polar surface area (TPSA) is 87.2 Å². The lowest BCUT2D eigenvalue weighted by molar-refractivity contribution is -0.131. The van der Waals surface area contributed by atoms with Gasteiger partial charge >= 0.3 is 0 Å². The molecule has 0 saturated carbocycles. The molecule has 1 aliphatic heterocycles. The number of amides is 1. The molecule has 0 saturated heterocycles. The molecule has 1 aliphatic carbocycles. The maximum Gasteiger partial charge on any atom is 0.247 e. The molecule has 32 heavy (non-hydrogen) atoms. The van der Waals surface area contributed by atoms with Gasteiger partial charge in [0.05, 0.1) is 13.2 Å². The van der Waals surface area contributed by atoms with E-state index in [4.69, 9.17) is 4.74 Å². The maximum absolute atomic E-state index is 13.5. The van der Waals surface area contributed by atoms with Crippen molar-refractivity contribution < 1.29 is 23.1 Å². The lowest BCUT2D eigenvalue weighted by Gasteiger charge is -2.37. The van der Waals surface area contributed by atoms with E-state index < -0.39 is 16.1 Å². The monoisotopic (exact) mass is 464 g/mol. The molecule has 3 atom stereocenters. The van der Waals surface area contributed by atoms with E-state index in [1.165, 1.54) is 16.3 Å². The summed E-state index contributed by atoms with van der Waals surface area (Å²) >= 11 is 0. The minimum atomic E-state index is -3.86. The fraction of sp³-hybridized carbons (Fsp3) is 0.625. The molecule has 7 nitrogen and oxygen atoms in total. The number of rotatable bonds is 6. The van der Waals surface area contributed by atoms with Crippen LogP contribution in [0.5, 0.6) is 5.75 Å². The highest BCUT2D eigenvalue weighted by molar-refractivity contribution is 7.89. The van der Waals surface area contributed by atoms with Gasteiger partial charge in [0.1, 0.15) is 16.7 Å². The molecule has 2 aliphatic rings. The molecule has 0 bridgehead atoms. The highest BCUT2D eigenvalue weighted by Crippen LogP contribution is 2.37. The summed E-state index contributed by atoms with van der Waals surface area (Å²) in [5, 5.41) is 9.75. The minimum Gasteiger partial charge on any atom is -0.487 e. The average molecular weight is 465 g/mol. The first-order valence-electron chi connectivity index (χ1n) is 11.6. The Labute approximate surface area is 192 Å². The fourth-order valence-electron chi connectivity index (χ4n) is 4.39. The summed E-state index contributed by atoms with van der Waals surface area (Å²) in [7, 11) is -2.11. The molecule has 8 heteroatoms. The number of ether oxygens (including phenoxy) is 1. The van der Waals surface area contributed by atoms with Gasteiger partial charge in [-0.1, -0.05) is 26.0 Å². The second kappa shape index (κ2) is 10.4. The highest BCUT2D eigenvalue weighted by atomic mass is 32.2. The van der Waals surface area contributed by atoms with E-state index in [1.54, 1.807) is 24.9 Å². The Hall–Kier alpha value is -1.90. The number of allylic oxidation sites excluding steroid dienone is 2. The van der Waals surface area contributed by atoms with Gasteiger partial charge in [0.15, 0.2) is 0 Å². The number of carbonyl (C=O) groups is 1. The number of nitrogens with zero attached hydrogens (tertiary/aromatic N) is 2. The van der Waals surface area contributed by atoms with Crippen LogP contribution in [0.4, 0.5) is 0 Å². The number of fused-ring (bicyclic) bond motifs is 1. The number of hydrogen-bond acceptors (Lipinski definition) is 5. The molecule has 1 aromatic carbocycles. The van der Waals surface area contributed by atoms with Crippen LogP contribution >= 0.6 is 0 Å². The van der Waals surface area contributed by atoms with E-state index in [2.05, 4.69) is 6.08 Å². The molecular weight excluding hydrogens is 428 g/mol. The quantitative estimate of drug-likeness (QED) is 0.698. The molecule has 1 heterocycles. The number of sulfonamides is 1. The third kappa shape index (κ3) is 5.18. The first kappa shape index (κ1) is 24.7. The molecular formula is C24H36N2O5S. The normalized spacial score (nSPS) is 24.3. The van der Waals surface area contributed by atoms with Crippen molar-refractivity contribution in [2.45, 2.75) is 69.9 Å². The van der Waals surface area contributed by atoms with Crippen molar-refractivity contribution in [1.82, 2.24) is 9.21 Å². The van der Waals surface area contributed by atoms with Gasteiger partial charge in [0.25, 0.3) is 0 Å². The van der Waals surface area contributed by atoms with E-state index >= 15 is 0 Å². The lowest BCUT2D eigenvalue weighted by Crippen LogP contribution is -2.50. The molecule has 0 radical (unpaired) electrons. The number of likely N-dealkylation sites (N-methyl/N-ethyl adjacent to an activating group) is 1. The van der Waals surface area contributed by atoms with Crippen molar-refractivity contribution in [1.29, 1.82) is 0 Å². The first-order valence-corrected chi connectivity index (χ1v) is 13.0. The number of hydrogen-bond donors (Lipinski definition) is 1. The summed E-state index contributed by atoms with van der Waals surface area (Å²) in [6.45, 7) is 5.75. The molecule has 3 rings (SSSR count). The standard InChI is InChI=1S/C24H36N2O5S/c1-5-24(28)25(4)15-22-17(2)14-26(18(3)16-27)32(29,30)23-12-11-20(13-21(23)31-22)19-9-7-6-8-10-19/h9,11-13,17-18,22,27H,5-8,10,14-16H2,1-4H3/t17-,18+,22-/m0/s1. The van der Waals surface area contributed by atoms with Gasteiger partial charge in [-0.3, -0.25) is 4.79 Å². The van der Waals surface area contributed by atoms with Crippen LogP contribution in [0.3, 0.4) is 0 Å². The molecule has 178 valence electrons. The molecule has 1 aromatic rings. The van der Waals surface area contributed by atoms with E-state index in [1.807, 2.05) is 26.0 Å². The molecule has 1 N–H and O–H groups in total. The molecule has 0 aromatic heterocycles. The second-order valence-corrected chi connectivity index (χ2v) is 10.9. The maximum atomic E-state index is 13.5.